The predicted molar refractivity (Wildman–Crippen MR) is 124 cm³/mol. The molecule has 1 fully saturated rings. The van der Waals surface area contributed by atoms with E-state index in [-0.39, 0.29) is 11.9 Å². The second kappa shape index (κ2) is 8.08. The third kappa shape index (κ3) is 3.50. The molecule has 0 radical (unpaired) electrons. The van der Waals surface area contributed by atoms with Gasteiger partial charge in [-0.3, -0.25) is 9.48 Å². The number of methoxy groups -OCH3 is 1. The van der Waals surface area contributed by atoms with E-state index in [1.54, 1.807) is 17.1 Å². The molecule has 2 aromatic carbocycles. The highest BCUT2D eigenvalue weighted by Gasteiger charge is 2.22. The molecule has 0 spiro atoms. The van der Waals surface area contributed by atoms with Crippen LogP contribution in [0.1, 0.15) is 17.3 Å². The molecule has 3 heterocycles. The summed E-state index contributed by atoms with van der Waals surface area (Å²) in [6.45, 7) is 4.81. The van der Waals surface area contributed by atoms with Crippen molar-refractivity contribution in [3.63, 3.8) is 0 Å². The number of nitrogens with one attached hydrogen (secondary N) is 2. The number of carbonyl (C=O) groups is 1. The Hall–Kier alpha value is -3.72. The van der Waals surface area contributed by atoms with Gasteiger partial charge in [-0.2, -0.15) is 10.1 Å². The first kappa shape index (κ1) is 20.2. The van der Waals surface area contributed by atoms with Crippen molar-refractivity contribution < 1.29 is 9.53 Å². The highest BCUT2D eigenvalue weighted by atomic mass is 16.5. The van der Waals surface area contributed by atoms with Gasteiger partial charge in [-0.1, -0.05) is 6.07 Å². The lowest BCUT2D eigenvalue weighted by Gasteiger charge is -2.34. The van der Waals surface area contributed by atoms with Gasteiger partial charge in [-0.25, -0.2) is 4.98 Å². The Morgan fingerprint density at radius 2 is 2.09 bits per heavy atom. The number of ether oxygens (including phenoxy) is 1. The summed E-state index contributed by atoms with van der Waals surface area (Å²) < 4.78 is 7.03. The molecule has 0 aliphatic carbocycles. The first-order valence-electron chi connectivity index (χ1n) is 10.6. The van der Waals surface area contributed by atoms with Crippen molar-refractivity contribution in [1.29, 1.82) is 0 Å². The summed E-state index contributed by atoms with van der Waals surface area (Å²) >= 11 is 0. The van der Waals surface area contributed by atoms with E-state index in [0.717, 1.165) is 41.6 Å². The molecule has 2 N–H and O–H groups in total. The van der Waals surface area contributed by atoms with Crippen molar-refractivity contribution in [2.45, 2.75) is 13.0 Å². The minimum Gasteiger partial charge on any atom is -0.467 e. The molecule has 1 aliphatic heterocycles. The standard InChI is InChI=1S/C23H25N7O2/c1-14-13-30(10-9-24-14)20-8-7-15(21-17(20)11-25-23(28-21)32-3)22(31)27-18-5-4-6-19-16(18)12-26-29(19)2/h4-8,11-12,14,24H,9-10,13H2,1-3H3,(H,27,31). The molecule has 1 amide bonds. The van der Waals surface area contributed by atoms with Crippen LogP contribution in [0.25, 0.3) is 21.8 Å². The number of hydrogen-bond acceptors (Lipinski definition) is 7. The van der Waals surface area contributed by atoms with E-state index >= 15 is 0 Å². The third-order valence-corrected chi connectivity index (χ3v) is 5.88. The molecular weight excluding hydrogens is 406 g/mol. The van der Waals surface area contributed by atoms with Crippen LogP contribution in [0.4, 0.5) is 11.4 Å². The molecule has 1 saturated heterocycles. The predicted octanol–water partition coefficient (Wildman–Crippen LogP) is 2.58. The average Bonchev–Trinajstić information content (AvgIpc) is 3.19. The Morgan fingerprint density at radius 1 is 1.22 bits per heavy atom. The quantitative estimate of drug-likeness (QED) is 0.513. The van der Waals surface area contributed by atoms with Crippen molar-refractivity contribution in [3.8, 4) is 6.01 Å². The second-order valence-corrected chi connectivity index (χ2v) is 8.01. The number of anilines is 2. The van der Waals surface area contributed by atoms with Crippen LogP contribution in [0.2, 0.25) is 0 Å². The van der Waals surface area contributed by atoms with Crippen LogP contribution in [-0.2, 0) is 7.05 Å². The van der Waals surface area contributed by atoms with Crippen LogP contribution >= 0.6 is 0 Å². The molecule has 1 aliphatic rings. The largest absolute Gasteiger partial charge is 0.467 e. The van der Waals surface area contributed by atoms with Crippen molar-refractivity contribution >= 4 is 39.1 Å². The summed E-state index contributed by atoms with van der Waals surface area (Å²) in [5, 5.41) is 12.5. The number of benzene rings is 2. The number of piperazine rings is 1. The monoisotopic (exact) mass is 431 g/mol. The highest BCUT2D eigenvalue weighted by Crippen LogP contribution is 2.31. The Balaban J connectivity index is 1.57. The molecule has 32 heavy (non-hydrogen) atoms. The smallest absolute Gasteiger partial charge is 0.316 e. The van der Waals surface area contributed by atoms with Crippen molar-refractivity contribution in [2.75, 3.05) is 37.0 Å². The Kier molecular flexibility index (Phi) is 5.10. The number of carbonyl (C=O) groups excluding carboxylic acids is 1. The van der Waals surface area contributed by atoms with Crippen LogP contribution in [-0.4, -0.2) is 58.4 Å². The van der Waals surface area contributed by atoms with Gasteiger partial charge in [-0.15, -0.1) is 0 Å². The van der Waals surface area contributed by atoms with Gasteiger partial charge >= 0.3 is 6.01 Å². The van der Waals surface area contributed by atoms with Crippen molar-refractivity contribution in [3.05, 3.63) is 48.3 Å². The van der Waals surface area contributed by atoms with Gasteiger partial charge in [0.25, 0.3) is 5.91 Å². The molecule has 2 aromatic heterocycles. The SMILES string of the molecule is COc1ncc2c(N3CCNC(C)C3)ccc(C(=O)Nc3cccc4c3cnn4C)c2n1. The number of hydrogen-bond donors (Lipinski definition) is 2. The third-order valence-electron chi connectivity index (χ3n) is 5.88. The van der Waals surface area contributed by atoms with E-state index in [1.807, 2.05) is 37.4 Å². The fourth-order valence-corrected chi connectivity index (χ4v) is 4.27. The molecule has 1 unspecified atom stereocenters. The van der Waals surface area contributed by atoms with Gasteiger partial charge in [0, 0.05) is 55.4 Å². The van der Waals surface area contributed by atoms with Gasteiger partial charge in [0.1, 0.15) is 0 Å². The molecular formula is C23H25N7O2. The van der Waals surface area contributed by atoms with Crippen molar-refractivity contribution in [2.24, 2.45) is 7.05 Å². The Morgan fingerprint density at radius 3 is 2.91 bits per heavy atom. The molecule has 0 saturated carbocycles. The lowest BCUT2D eigenvalue weighted by molar-refractivity contribution is 0.102. The topological polar surface area (TPSA) is 97.2 Å². The molecule has 5 rings (SSSR count). The number of aryl methyl sites for hydroxylation is 1. The van der Waals surface area contributed by atoms with E-state index in [4.69, 9.17) is 4.74 Å². The molecule has 9 heteroatoms. The first-order valence-corrected chi connectivity index (χ1v) is 10.6. The van der Waals surface area contributed by atoms with E-state index in [1.165, 1.54) is 7.11 Å². The average molecular weight is 432 g/mol. The number of fused-ring (bicyclic) bond motifs is 2. The lowest BCUT2D eigenvalue weighted by Crippen LogP contribution is -2.49. The fraction of sp³-hybridized carbons (Fsp3) is 0.304. The summed E-state index contributed by atoms with van der Waals surface area (Å²) in [4.78, 5) is 24.5. The normalized spacial score (nSPS) is 16.5. The summed E-state index contributed by atoms with van der Waals surface area (Å²) in [5.41, 5.74) is 3.70. The zero-order valence-electron chi connectivity index (χ0n) is 18.3. The summed E-state index contributed by atoms with van der Waals surface area (Å²) in [6, 6.07) is 10.2. The zero-order valence-corrected chi connectivity index (χ0v) is 18.3. The molecule has 1 atom stereocenters. The Labute approximate surface area is 185 Å². The van der Waals surface area contributed by atoms with E-state index in [2.05, 4.69) is 37.5 Å². The van der Waals surface area contributed by atoms with Gasteiger partial charge in [0.15, 0.2) is 0 Å². The fourth-order valence-electron chi connectivity index (χ4n) is 4.27. The number of aromatic nitrogens is 4. The second-order valence-electron chi connectivity index (χ2n) is 8.01. The van der Waals surface area contributed by atoms with Crippen LogP contribution in [0, 0.1) is 0 Å². The van der Waals surface area contributed by atoms with Crippen LogP contribution in [0.3, 0.4) is 0 Å². The van der Waals surface area contributed by atoms with Crippen LogP contribution < -0.4 is 20.3 Å². The first-order chi connectivity index (χ1) is 15.5. The molecule has 9 nitrogen and oxygen atoms in total. The van der Waals surface area contributed by atoms with Gasteiger partial charge in [-0.05, 0) is 31.2 Å². The highest BCUT2D eigenvalue weighted by molar-refractivity contribution is 6.15. The minimum atomic E-state index is -0.243. The van der Waals surface area contributed by atoms with Crippen LogP contribution in [0.5, 0.6) is 6.01 Å². The van der Waals surface area contributed by atoms with Gasteiger partial charge in [0.2, 0.25) is 0 Å². The van der Waals surface area contributed by atoms with E-state index in [0.29, 0.717) is 22.8 Å². The Bertz CT molecular complexity index is 1320. The van der Waals surface area contributed by atoms with Crippen LogP contribution in [0.15, 0.2) is 42.7 Å². The van der Waals surface area contributed by atoms with E-state index < -0.39 is 0 Å². The molecule has 164 valence electrons. The zero-order chi connectivity index (χ0) is 22.2. The number of rotatable bonds is 4. The van der Waals surface area contributed by atoms with Crippen molar-refractivity contribution in [1.82, 2.24) is 25.1 Å². The van der Waals surface area contributed by atoms with E-state index in [9.17, 15) is 4.79 Å². The van der Waals surface area contributed by atoms with Gasteiger partial charge in [0.05, 0.1) is 35.6 Å². The maximum Gasteiger partial charge on any atom is 0.316 e. The number of nitrogens with zero attached hydrogens (tertiary/aromatic N) is 5. The lowest BCUT2D eigenvalue weighted by atomic mass is 10.1. The maximum absolute atomic E-state index is 13.4. The maximum atomic E-state index is 13.4. The molecule has 4 aromatic rings. The summed E-state index contributed by atoms with van der Waals surface area (Å²) in [6.07, 6.45) is 3.49. The number of amides is 1. The summed E-state index contributed by atoms with van der Waals surface area (Å²) in [7, 11) is 3.40. The van der Waals surface area contributed by atoms with Gasteiger partial charge < -0.3 is 20.3 Å². The molecule has 0 bridgehead atoms. The summed E-state index contributed by atoms with van der Waals surface area (Å²) in [5.74, 6) is -0.243. The minimum absolute atomic E-state index is 0.228.